The van der Waals surface area contributed by atoms with E-state index in [1.54, 1.807) is 30.3 Å². The summed E-state index contributed by atoms with van der Waals surface area (Å²) in [6.07, 6.45) is -0.464. The molecule has 0 saturated heterocycles. The SMILES string of the molecule is N=C(OC(NC(=O)Cc1ccccc1)c1c(OC(F)F)ccc(F)c1F)C1CC1. The third-order valence-corrected chi connectivity index (χ3v) is 4.26. The monoisotopic (exact) mass is 410 g/mol. The fourth-order valence-corrected chi connectivity index (χ4v) is 2.70. The molecular weight excluding hydrogens is 392 g/mol. The largest absolute Gasteiger partial charge is 0.453 e. The van der Waals surface area contributed by atoms with Gasteiger partial charge in [-0.05, 0) is 30.5 Å². The second-order valence-electron chi connectivity index (χ2n) is 6.52. The number of ether oxygens (including phenoxy) is 2. The smallest absolute Gasteiger partial charge is 0.387 e. The van der Waals surface area contributed by atoms with Gasteiger partial charge in [-0.15, -0.1) is 0 Å². The van der Waals surface area contributed by atoms with E-state index >= 15 is 0 Å². The van der Waals surface area contributed by atoms with Crippen LogP contribution < -0.4 is 10.1 Å². The lowest BCUT2D eigenvalue weighted by atomic mass is 10.1. The van der Waals surface area contributed by atoms with E-state index in [9.17, 15) is 22.4 Å². The van der Waals surface area contributed by atoms with Crippen molar-refractivity contribution < 1.29 is 31.8 Å². The predicted molar refractivity (Wildman–Crippen MR) is 95.6 cm³/mol. The number of hydrogen-bond donors (Lipinski definition) is 2. The molecule has 3 rings (SSSR count). The molecule has 0 heterocycles. The number of benzene rings is 2. The molecule has 9 heteroatoms. The molecule has 0 spiro atoms. The molecule has 2 aromatic rings. The molecule has 1 saturated carbocycles. The Kier molecular flexibility index (Phi) is 6.36. The molecule has 1 unspecified atom stereocenters. The molecular formula is C20H18F4N2O3. The summed E-state index contributed by atoms with van der Waals surface area (Å²) in [7, 11) is 0. The Balaban J connectivity index is 1.89. The Bertz CT molecular complexity index is 889. The minimum absolute atomic E-state index is 0.112. The van der Waals surface area contributed by atoms with Gasteiger partial charge in [0.15, 0.2) is 17.5 Å². The van der Waals surface area contributed by atoms with Crippen LogP contribution in [-0.4, -0.2) is 18.4 Å². The van der Waals surface area contributed by atoms with Gasteiger partial charge < -0.3 is 14.8 Å². The molecule has 5 nitrogen and oxygen atoms in total. The van der Waals surface area contributed by atoms with Crippen molar-refractivity contribution in [2.24, 2.45) is 5.92 Å². The molecule has 2 N–H and O–H groups in total. The molecule has 1 fully saturated rings. The normalized spacial score (nSPS) is 14.4. The fraction of sp³-hybridized carbons (Fsp3) is 0.300. The summed E-state index contributed by atoms with van der Waals surface area (Å²) < 4.78 is 63.4. The minimum atomic E-state index is -3.30. The zero-order valence-electron chi connectivity index (χ0n) is 15.1. The van der Waals surface area contributed by atoms with Crippen LogP contribution in [0.15, 0.2) is 42.5 Å². The molecule has 0 aromatic heterocycles. The van der Waals surface area contributed by atoms with Crippen LogP contribution in [0.4, 0.5) is 17.6 Å². The third-order valence-electron chi connectivity index (χ3n) is 4.26. The zero-order chi connectivity index (χ0) is 21.0. The zero-order valence-corrected chi connectivity index (χ0v) is 15.1. The highest BCUT2D eigenvalue weighted by Gasteiger charge is 2.34. The molecule has 0 bridgehead atoms. The van der Waals surface area contributed by atoms with Crippen LogP contribution in [0.3, 0.4) is 0 Å². The molecule has 1 atom stereocenters. The number of carbonyl (C=O) groups is 1. The second-order valence-corrected chi connectivity index (χ2v) is 6.52. The first-order valence-corrected chi connectivity index (χ1v) is 8.86. The molecule has 154 valence electrons. The van der Waals surface area contributed by atoms with Crippen LogP contribution >= 0.6 is 0 Å². The van der Waals surface area contributed by atoms with Gasteiger partial charge in [-0.3, -0.25) is 10.2 Å². The summed E-state index contributed by atoms with van der Waals surface area (Å²) >= 11 is 0. The summed E-state index contributed by atoms with van der Waals surface area (Å²) in [6.45, 7) is -3.30. The summed E-state index contributed by atoms with van der Waals surface area (Å²) in [5.74, 6) is -4.60. The summed E-state index contributed by atoms with van der Waals surface area (Å²) in [5, 5.41) is 10.3. The summed E-state index contributed by atoms with van der Waals surface area (Å²) in [6, 6.07) is 10.0. The average Bonchev–Trinajstić information content (AvgIpc) is 3.50. The van der Waals surface area contributed by atoms with Crippen LogP contribution in [0.1, 0.15) is 30.2 Å². The average molecular weight is 410 g/mol. The van der Waals surface area contributed by atoms with Crippen molar-refractivity contribution in [1.29, 1.82) is 5.41 Å². The topological polar surface area (TPSA) is 71.4 Å². The van der Waals surface area contributed by atoms with Gasteiger partial charge in [0, 0.05) is 5.92 Å². The van der Waals surface area contributed by atoms with Crippen molar-refractivity contribution in [2.45, 2.75) is 32.1 Å². The number of rotatable bonds is 8. The van der Waals surface area contributed by atoms with Crippen molar-refractivity contribution in [3.8, 4) is 5.75 Å². The van der Waals surface area contributed by atoms with Gasteiger partial charge in [0.2, 0.25) is 12.1 Å². The third kappa shape index (κ3) is 5.46. The number of hydrogen-bond acceptors (Lipinski definition) is 4. The standard InChI is InChI=1S/C20H18F4N2O3/c21-13-8-9-14(28-20(23)24)16(17(13)22)19(29-18(25)12-6-7-12)26-15(27)10-11-4-2-1-3-5-11/h1-5,8-9,12,19-20,25H,6-7,10H2,(H,26,27). The van der Waals surface area contributed by atoms with E-state index in [-0.39, 0.29) is 18.2 Å². The molecule has 2 aromatic carbocycles. The lowest BCUT2D eigenvalue weighted by Gasteiger charge is -2.24. The van der Waals surface area contributed by atoms with Gasteiger partial charge in [-0.2, -0.15) is 8.78 Å². The van der Waals surface area contributed by atoms with Crippen LogP contribution in [-0.2, 0) is 16.0 Å². The maximum absolute atomic E-state index is 14.5. The highest BCUT2D eigenvalue weighted by molar-refractivity contribution is 5.81. The molecule has 1 aliphatic carbocycles. The van der Waals surface area contributed by atoms with Crippen LogP contribution in [0.25, 0.3) is 0 Å². The van der Waals surface area contributed by atoms with Gasteiger partial charge in [0.05, 0.1) is 12.0 Å². The van der Waals surface area contributed by atoms with Crippen molar-refractivity contribution in [1.82, 2.24) is 5.32 Å². The van der Waals surface area contributed by atoms with E-state index in [4.69, 9.17) is 10.1 Å². The maximum Gasteiger partial charge on any atom is 0.387 e. The van der Waals surface area contributed by atoms with Gasteiger partial charge in [-0.1, -0.05) is 30.3 Å². The number of amides is 1. The van der Waals surface area contributed by atoms with E-state index < -0.39 is 41.7 Å². The lowest BCUT2D eigenvalue weighted by Crippen LogP contribution is -2.34. The summed E-state index contributed by atoms with van der Waals surface area (Å²) in [5.41, 5.74) is -0.0955. The number of nitrogens with one attached hydrogen (secondary N) is 2. The Morgan fingerprint density at radius 1 is 1.14 bits per heavy atom. The first-order valence-electron chi connectivity index (χ1n) is 8.86. The Morgan fingerprint density at radius 2 is 1.83 bits per heavy atom. The minimum Gasteiger partial charge on any atom is -0.453 e. The Morgan fingerprint density at radius 3 is 2.45 bits per heavy atom. The highest BCUT2D eigenvalue weighted by atomic mass is 19.3. The van der Waals surface area contributed by atoms with Crippen LogP contribution in [0.5, 0.6) is 5.75 Å². The van der Waals surface area contributed by atoms with Crippen molar-refractivity contribution in [3.05, 3.63) is 65.2 Å². The van der Waals surface area contributed by atoms with E-state index in [2.05, 4.69) is 10.1 Å². The van der Waals surface area contributed by atoms with Crippen molar-refractivity contribution in [3.63, 3.8) is 0 Å². The number of carbonyl (C=O) groups excluding carboxylic acids is 1. The van der Waals surface area contributed by atoms with Gasteiger partial charge in [-0.25, -0.2) is 8.78 Å². The van der Waals surface area contributed by atoms with Crippen molar-refractivity contribution in [2.75, 3.05) is 0 Å². The lowest BCUT2D eigenvalue weighted by molar-refractivity contribution is -0.123. The number of alkyl halides is 2. The van der Waals surface area contributed by atoms with E-state index in [0.29, 0.717) is 24.5 Å². The van der Waals surface area contributed by atoms with Crippen LogP contribution in [0.2, 0.25) is 0 Å². The highest BCUT2D eigenvalue weighted by Crippen LogP contribution is 2.36. The Labute approximate surface area is 164 Å². The Hall–Kier alpha value is -3.10. The molecule has 0 radical (unpaired) electrons. The first-order chi connectivity index (χ1) is 13.8. The fourth-order valence-electron chi connectivity index (χ4n) is 2.70. The van der Waals surface area contributed by atoms with E-state index in [0.717, 1.165) is 6.07 Å². The van der Waals surface area contributed by atoms with Gasteiger partial charge in [0.1, 0.15) is 5.75 Å². The number of halogens is 4. The quantitative estimate of drug-likeness (QED) is 0.295. The first kappa shape index (κ1) is 20.6. The van der Waals surface area contributed by atoms with E-state index in [1.165, 1.54) is 0 Å². The molecule has 0 aliphatic heterocycles. The van der Waals surface area contributed by atoms with Crippen molar-refractivity contribution >= 4 is 11.8 Å². The van der Waals surface area contributed by atoms with E-state index in [1.807, 2.05) is 0 Å². The van der Waals surface area contributed by atoms with Gasteiger partial charge >= 0.3 is 6.61 Å². The molecule has 29 heavy (non-hydrogen) atoms. The predicted octanol–water partition coefficient (Wildman–Crippen LogP) is 4.33. The summed E-state index contributed by atoms with van der Waals surface area (Å²) in [4.78, 5) is 12.4. The molecule has 1 aliphatic rings. The maximum atomic E-state index is 14.5. The van der Waals surface area contributed by atoms with Crippen LogP contribution in [0, 0.1) is 23.0 Å². The van der Waals surface area contributed by atoms with Gasteiger partial charge in [0.25, 0.3) is 0 Å². The molecule has 1 amide bonds. The second kappa shape index (κ2) is 8.93.